The van der Waals surface area contributed by atoms with E-state index < -0.39 is 0 Å². The van der Waals surface area contributed by atoms with Crippen LogP contribution in [0, 0.1) is 0 Å². The third-order valence-corrected chi connectivity index (χ3v) is 5.06. The van der Waals surface area contributed by atoms with E-state index in [0.717, 1.165) is 18.5 Å². The molecule has 0 spiro atoms. The van der Waals surface area contributed by atoms with Gasteiger partial charge in [-0.3, -0.25) is 14.2 Å². The first-order valence-corrected chi connectivity index (χ1v) is 9.95. The highest BCUT2D eigenvalue weighted by atomic mass is 16.2. The molecule has 0 aliphatic rings. The van der Waals surface area contributed by atoms with E-state index in [0.29, 0.717) is 29.7 Å². The van der Waals surface area contributed by atoms with Crippen molar-refractivity contribution in [3.05, 3.63) is 70.8 Å². The molecule has 3 aromatic rings. The van der Waals surface area contributed by atoms with Crippen LogP contribution in [0.5, 0.6) is 0 Å². The number of benzene rings is 2. The fourth-order valence-electron chi connectivity index (χ4n) is 3.53. The summed E-state index contributed by atoms with van der Waals surface area (Å²) >= 11 is 0. The molecule has 0 N–H and O–H groups in total. The van der Waals surface area contributed by atoms with Crippen molar-refractivity contribution in [2.24, 2.45) is 0 Å². The van der Waals surface area contributed by atoms with Crippen molar-refractivity contribution in [1.29, 1.82) is 0 Å². The minimum atomic E-state index is -0.313. The van der Waals surface area contributed by atoms with Crippen molar-refractivity contribution in [1.82, 2.24) is 14.5 Å². The summed E-state index contributed by atoms with van der Waals surface area (Å²) in [5.41, 5.74) is 1.29. The molecule has 2 aromatic carbocycles. The minimum absolute atomic E-state index is 0.0962. The predicted molar refractivity (Wildman–Crippen MR) is 113 cm³/mol. The highest BCUT2D eigenvalue weighted by Gasteiger charge is 2.25. The zero-order valence-electron chi connectivity index (χ0n) is 16.8. The zero-order valence-corrected chi connectivity index (χ0v) is 16.8. The van der Waals surface area contributed by atoms with Crippen LogP contribution < -0.4 is 5.56 Å². The van der Waals surface area contributed by atoms with Gasteiger partial charge in [0.1, 0.15) is 5.82 Å². The molecule has 0 bridgehead atoms. The molecule has 0 fully saturated rings. The fraction of sp³-hybridized carbons (Fsp3) is 0.348. The number of amides is 1. The lowest BCUT2D eigenvalue weighted by molar-refractivity contribution is -0.133. The maximum absolute atomic E-state index is 13.3. The van der Waals surface area contributed by atoms with Gasteiger partial charge in [-0.25, -0.2) is 4.98 Å². The number of carbonyl (C=O) groups is 1. The quantitative estimate of drug-likeness (QED) is 0.610. The molecule has 0 aliphatic carbocycles. The van der Waals surface area contributed by atoms with Crippen molar-refractivity contribution < 1.29 is 4.79 Å². The third kappa shape index (κ3) is 3.84. The number of para-hydroxylation sites is 2. The molecule has 1 atom stereocenters. The Kier molecular flexibility index (Phi) is 6.24. The van der Waals surface area contributed by atoms with Crippen LogP contribution in [0.15, 0.2) is 59.4 Å². The van der Waals surface area contributed by atoms with Crippen LogP contribution in [0.3, 0.4) is 0 Å². The zero-order chi connectivity index (χ0) is 20.1. The number of fused-ring (bicyclic) bond motifs is 1. The molecule has 5 heteroatoms. The van der Waals surface area contributed by atoms with E-state index in [2.05, 4.69) is 6.92 Å². The highest BCUT2D eigenvalue weighted by Crippen LogP contribution is 2.23. The van der Waals surface area contributed by atoms with Crippen molar-refractivity contribution in [3.63, 3.8) is 0 Å². The summed E-state index contributed by atoms with van der Waals surface area (Å²) in [7, 11) is 0. The van der Waals surface area contributed by atoms with Gasteiger partial charge >= 0.3 is 0 Å². The topological polar surface area (TPSA) is 55.2 Å². The first-order chi connectivity index (χ1) is 13.6. The molecular formula is C23H27N3O2. The fourth-order valence-corrected chi connectivity index (χ4v) is 3.53. The van der Waals surface area contributed by atoms with E-state index in [4.69, 9.17) is 4.98 Å². The van der Waals surface area contributed by atoms with Gasteiger partial charge in [0.25, 0.3) is 5.56 Å². The number of aromatic nitrogens is 2. The molecule has 3 rings (SSSR count). The molecular weight excluding hydrogens is 350 g/mol. The largest absolute Gasteiger partial charge is 0.333 e. The van der Waals surface area contributed by atoms with E-state index >= 15 is 0 Å². The summed E-state index contributed by atoms with van der Waals surface area (Å²) < 4.78 is 1.64. The standard InChI is InChI=1S/C23H27N3O2/c1-4-6-16-21(27)25(5-2)17(3)22-24-20-15-11-10-14-19(20)23(28)26(22)18-12-8-7-9-13-18/h7-15,17H,4-6,16H2,1-3H3. The van der Waals surface area contributed by atoms with E-state index in [9.17, 15) is 9.59 Å². The summed E-state index contributed by atoms with van der Waals surface area (Å²) in [5.74, 6) is 0.681. The summed E-state index contributed by atoms with van der Waals surface area (Å²) in [6.07, 6.45) is 2.34. The number of hydrogen-bond donors (Lipinski definition) is 0. The molecule has 28 heavy (non-hydrogen) atoms. The maximum Gasteiger partial charge on any atom is 0.266 e. The van der Waals surface area contributed by atoms with Crippen molar-refractivity contribution >= 4 is 16.8 Å². The normalized spacial score (nSPS) is 12.1. The van der Waals surface area contributed by atoms with Crippen LogP contribution in [0.25, 0.3) is 16.6 Å². The molecule has 1 aromatic heterocycles. The third-order valence-electron chi connectivity index (χ3n) is 5.06. The minimum Gasteiger partial charge on any atom is -0.333 e. The molecule has 1 heterocycles. The Morgan fingerprint density at radius 2 is 1.75 bits per heavy atom. The highest BCUT2D eigenvalue weighted by molar-refractivity contribution is 5.79. The average molecular weight is 377 g/mol. The van der Waals surface area contributed by atoms with E-state index in [1.165, 1.54) is 0 Å². The Balaban J connectivity index is 2.18. The number of rotatable bonds is 7. The van der Waals surface area contributed by atoms with Crippen LogP contribution in [0.4, 0.5) is 0 Å². The Hall–Kier alpha value is -2.95. The maximum atomic E-state index is 13.3. The first kappa shape index (κ1) is 19.8. The molecule has 0 saturated carbocycles. The number of hydrogen-bond acceptors (Lipinski definition) is 3. The number of nitrogens with zero attached hydrogens (tertiary/aromatic N) is 3. The van der Waals surface area contributed by atoms with Crippen molar-refractivity contribution in [2.45, 2.75) is 46.1 Å². The van der Waals surface area contributed by atoms with E-state index in [-0.39, 0.29) is 17.5 Å². The first-order valence-electron chi connectivity index (χ1n) is 9.95. The van der Waals surface area contributed by atoms with Crippen molar-refractivity contribution in [2.75, 3.05) is 6.54 Å². The Labute approximate surface area is 165 Å². The lowest BCUT2D eigenvalue weighted by atomic mass is 10.1. The van der Waals surface area contributed by atoms with Crippen LogP contribution >= 0.6 is 0 Å². The van der Waals surface area contributed by atoms with Gasteiger partial charge < -0.3 is 4.90 Å². The SMILES string of the molecule is CCCCC(=O)N(CC)C(C)c1nc2ccccc2c(=O)n1-c1ccccc1. The van der Waals surface area contributed by atoms with E-state index in [1.807, 2.05) is 67.3 Å². The smallest absolute Gasteiger partial charge is 0.266 e. The summed E-state index contributed by atoms with van der Waals surface area (Å²) in [4.78, 5) is 32.7. The molecule has 1 amide bonds. The van der Waals surface area contributed by atoms with E-state index in [1.54, 1.807) is 10.6 Å². The van der Waals surface area contributed by atoms with Gasteiger partial charge in [0.15, 0.2) is 0 Å². The number of carbonyl (C=O) groups excluding carboxylic acids is 1. The Morgan fingerprint density at radius 1 is 1.07 bits per heavy atom. The van der Waals surface area contributed by atoms with Gasteiger partial charge in [-0.15, -0.1) is 0 Å². The van der Waals surface area contributed by atoms with Crippen LogP contribution in [-0.2, 0) is 4.79 Å². The molecule has 5 nitrogen and oxygen atoms in total. The second-order valence-electron chi connectivity index (χ2n) is 6.92. The molecule has 0 radical (unpaired) electrons. The second kappa shape index (κ2) is 8.83. The van der Waals surface area contributed by atoms with Gasteiger partial charge in [0.2, 0.25) is 5.91 Å². The van der Waals surface area contributed by atoms with Crippen molar-refractivity contribution in [3.8, 4) is 5.69 Å². The predicted octanol–water partition coefficient (Wildman–Crippen LogP) is 4.49. The Morgan fingerprint density at radius 3 is 2.43 bits per heavy atom. The van der Waals surface area contributed by atoms with Gasteiger partial charge in [0.05, 0.1) is 22.6 Å². The lowest BCUT2D eigenvalue weighted by Crippen LogP contribution is -2.37. The monoisotopic (exact) mass is 377 g/mol. The molecule has 146 valence electrons. The molecule has 0 saturated heterocycles. The molecule has 1 unspecified atom stereocenters. The van der Waals surface area contributed by atoms with Gasteiger partial charge in [0, 0.05) is 13.0 Å². The van der Waals surface area contributed by atoms with Crippen LogP contribution in [-0.4, -0.2) is 26.9 Å². The molecule has 0 aliphatic heterocycles. The lowest BCUT2D eigenvalue weighted by Gasteiger charge is -2.29. The second-order valence-corrected chi connectivity index (χ2v) is 6.92. The summed E-state index contributed by atoms with van der Waals surface area (Å²) in [6.45, 7) is 6.56. The summed E-state index contributed by atoms with van der Waals surface area (Å²) in [5, 5.41) is 0.572. The Bertz CT molecular complexity index is 1010. The van der Waals surface area contributed by atoms with Gasteiger partial charge in [-0.2, -0.15) is 0 Å². The van der Waals surface area contributed by atoms with Crippen LogP contribution in [0.1, 0.15) is 51.9 Å². The average Bonchev–Trinajstić information content (AvgIpc) is 2.73. The van der Waals surface area contributed by atoms with Gasteiger partial charge in [-0.05, 0) is 44.5 Å². The number of unbranched alkanes of at least 4 members (excludes halogenated alkanes) is 1. The summed E-state index contributed by atoms with van der Waals surface area (Å²) in [6, 6.07) is 16.5. The van der Waals surface area contributed by atoms with Gasteiger partial charge in [-0.1, -0.05) is 43.7 Å². The van der Waals surface area contributed by atoms with Crippen LogP contribution in [0.2, 0.25) is 0 Å².